The molecule has 1 aromatic carbocycles. The van der Waals surface area contributed by atoms with E-state index in [-0.39, 0.29) is 37.3 Å². The molecule has 0 aliphatic carbocycles. The Morgan fingerprint density at radius 2 is 2.04 bits per heavy atom. The third-order valence-corrected chi connectivity index (χ3v) is 6.04. The molecule has 1 aliphatic rings. The number of hydrogen-bond acceptors (Lipinski definition) is 3. The van der Waals surface area contributed by atoms with Crippen LogP contribution in [0.15, 0.2) is 24.3 Å². The standard InChI is InChI=1S/C18H27FN2O3S/c1-3-16-9-6-7-12-21(16)18(22)14-20(25(2,23)24)13-11-15-8-4-5-10-17(15)19/h4-5,8,10,16H,3,6-7,9,11-14H2,1-2H3. The first-order chi connectivity index (χ1) is 11.8. The van der Waals surface area contributed by atoms with Gasteiger partial charge in [0, 0.05) is 19.1 Å². The molecule has 1 fully saturated rings. The van der Waals surface area contributed by atoms with Gasteiger partial charge in [-0.1, -0.05) is 25.1 Å². The number of likely N-dealkylation sites (tertiary alicyclic amines) is 1. The molecule has 1 unspecified atom stereocenters. The van der Waals surface area contributed by atoms with Crippen molar-refractivity contribution in [2.45, 2.75) is 45.1 Å². The second-order valence-corrected chi connectivity index (χ2v) is 8.57. The van der Waals surface area contributed by atoms with Crippen LogP contribution in [0.2, 0.25) is 0 Å². The highest BCUT2D eigenvalue weighted by Crippen LogP contribution is 2.20. The lowest BCUT2D eigenvalue weighted by Gasteiger charge is -2.36. The molecule has 0 bridgehead atoms. The first kappa shape index (κ1) is 19.8. The van der Waals surface area contributed by atoms with Crippen LogP contribution >= 0.6 is 0 Å². The highest BCUT2D eigenvalue weighted by molar-refractivity contribution is 7.88. The SMILES string of the molecule is CCC1CCCCN1C(=O)CN(CCc1ccccc1F)S(C)(=O)=O. The molecule has 0 aromatic heterocycles. The minimum atomic E-state index is -3.54. The van der Waals surface area contributed by atoms with E-state index in [0.717, 1.165) is 36.2 Å². The van der Waals surface area contributed by atoms with Crippen molar-refractivity contribution in [2.75, 3.05) is 25.9 Å². The van der Waals surface area contributed by atoms with Gasteiger partial charge in [0.05, 0.1) is 12.8 Å². The molecule has 0 N–H and O–H groups in total. The molecule has 1 saturated heterocycles. The normalized spacial score (nSPS) is 18.6. The van der Waals surface area contributed by atoms with Crippen LogP contribution < -0.4 is 0 Å². The van der Waals surface area contributed by atoms with Gasteiger partial charge in [0.25, 0.3) is 0 Å². The molecule has 0 radical (unpaired) electrons. The van der Waals surface area contributed by atoms with Crippen LogP contribution in [0, 0.1) is 5.82 Å². The average Bonchev–Trinajstić information content (AvgIpc) is 2.58. The number of benzene rings is 1. The largest absolute Gasteiger partial charge is 0.339 e. The van der Waals surface area contributed by atoms with Gasteiger partial charge in [-0.05, 0) is 43.7 Å². The van der Waals surface area contributed by atoms with Crippen LogP contribution in [0.3, 0.4) is 0 Å². The van der Waals surface area contributed by atoms with E-state index in [0.29, 0.717) is 12.1 Å². The van der Waals surface area contributed by atoms with E-state index in [2.05, 4.69) is 0 Å². The van der Waals surface area contributed by atoms with Crippen molar-refractivity contribution in [3.63, 3.8) is 0 Å². The van der Waals surface area contributed by atoms with Gasteiger partial charge < -0.3 is 4.90 Å². The van der Waals surface area contributed by atoms with Gasteiger partial charge in [-0.15, -0.1) is 0 Å². The lowest BCUT2D eigenvalue weighted by atomic mass is 10.00. The number of amides is 1. The molecule has 5 nitrogen and oxygen atoms in total. The van der Waals surface area contributed by atoms with E-state index in [1.807, 2.05) is 11.8 Å². The lowest BCUT2D eigenvalue weighted by molar-refractivity contribution is -0.135. The van der Waals surface area contributed by atoms with E-state index in [1.54, 1.807) is 18.2 Å². The van der Waals surface area contributed by atoms with Crippen LogP contribution in [-0.2, 0) is 21.2 Å². The summed E-state index contributed by atoms with van der Waals surface area (Å²) >= 11 is 0. The van der Waals surface area contributed by atoms with Crippen LogP contribution in [0.4, 0.5) is 4.39 Å². The Balaban J connectivity index is 2.05. The van der Waals surface area contributed by atoms with Crippen molar-refractivity contribution in [3.8, 4) is 0 Å². The summed E-state index contributed by atoms with van der Waals surface area (Å²) < 4.78 is 39.0. The van der Waals surface area contributed by atoms with E-state index >= 15 is 0 Å². The zero-order valence-electron chi connectivity index (χ0n) is 14.9. The average molecular weight is 370 g/mol. The minimum absolute atomic E-state index is 0.0934. The second kappa shape index (κ2) is 8.76. The van der Waals surface area contributed by atoms with Gasteiger partial charge >= 0.3 is 0 Å². The molecule has 1 aromatic rings. The first-order valence-electron chi connectivity index (χ1n) is 8.81. The van der Waals surface area contributed by atoms with Crippen molar-refractivity contribution < 1.29 is 17.6 Å². The van der Waals surface area contributed by atoms with Crippen LogP contribution in [0.5, 0.6) is 0 Å². The molecular formula is C18H27FN2O3S. The van der Waals surface area contributed by atoms with Crippen molar-refractivity contribution in [3.05, 3.63) is 35.6 Å². The number of halogens is 1. The highest BCUT2D eigenvalue weighted by atomic mass is 32.2. The van der Waals surface area contributed by atoms with Crippen LogP contribution in [0.1, 0.15) is 38.2 Å². The molecule has 0 saturated carbocycles. The van der Waals surface area contributed by atoms with E-state index in [4.69, 9.17) is 0 Å². The van der Waals surface area contributed by atoms with Gasteiger partial charge in [0.15, 0.2) is 0 Å². The van der Waals surface area contributed by atoms with Crippen molar-refractivity contribution in [1.82, 2.24) is 9.21 Å². The van der Waals surface area contributed by atoms with Crippen molar-refractivity contribution in [2.24, 2.45) is 0 Å². The van der Waals surface area contributed by atoms with Gasteiger partial charge in [-0.2, -0.15) is 4.31 Å². The Hall–Kier alpha value is -1.47. The number of sulfonamides is 1. The fourth-order valence-electron chi connectivity index (χ4n) is 3.30. The van der Waals surface area contributed by atoms with Gasteiger partial charge in [-0.3, -0.25) is 4.79 Å². The van der Waals surface area contributed by atoms with Crippen molar-refractivity contribution in [1.29, 1.82) is 0 Å². The molecule has 1 amide bonds. The number of carbonyl (C=O) groups excluding carboxylic acids is 1. The molecule has 1 atom stereocenters. The Labute approximate surface area is 149 Å². The first-order valence-corrected chi connectivity index (χ1v) is 10.7. The molecule has 140 valence electrons. The maximum Gasteiger partial charge on any atom is 0.238 e. The molecule has 1 aliphatic heterocycles. The fraction of sp³-hybridized carbons (Fsp3) is 0.611. The predicted molar refractivity (Wildman–Crippen MR) is 96.2 cm³/mol. The maximum atomic E-state index is 13.7. The smallest absolute Gasteiger partial charge is 0.238 e. The highest BCUT2D eigenvalue weighted by Gasteiger charge is 2.28. The summed E-state index contributed by atoms with van der Waals surface area (Å²) in [5, 5.41) is 0. The summed E-state index contributed by atoms with van der Waals surface area (Å²) in [6.45, 7) is 2.64. The second-order valence-electron chi connectivity index (χ2n) is 6.58. The molecule has 1 heterocycles. The van der Waals surface area contributed by atoms with Crippen LogP contribution in [0.25, 0.3) is 0 Å². The van der Waals surface area contributed by atoms with Gasteiger partial charge in [0.2, 0.25) is 15.9 Å². The third kappa shape index (κ3) is 5.51. The zero-order chi connectivity index (χ0) is 18.4. The number of carbonyl (C=O) groups is 1. The van der Waals surface area contributed by atoms with E-state index in [9.17, 15) is 17.6 Å². The number of rotatable bonds is 7. The number of piperidine rings is 1. The van der Waals surface area contributed by atoms with Gasteiger partial charge in [-0.25, -0.2) is 12.8 Å². The monoisotopic (exact) mass is 370 g/mol. The Morgan fingerprint density at radius 1 is 1.32 bits per heavy atom. The minimum Gasteiger partial charge on any atom is -0.339 e. The predicted octanol–water partition coefficient (Wildman–Crippen LogP) is 2.42. The molecule has 7 heteroatoms. The quantitative estimate of drug-likeness (QED) is 0.741. The van der Waals surface area contributed by atoms with E-state index in [1.165, 1.54) is 6.07 Å². The molecular weight excluding hydrogens is 343 g/mol. The number of hydrogen-bond donors (Lipinski definition) is 0. The zero-order valence-corrected chi connectivity index (χ0v) is 15.8. The summed E-state index contributed by atoms with van der Waals surface area (Å²) in [6.07, 6.45) is 5.23. The summed E-state index contributed by atoms with van der Waals surface area (Å²) in [4.78, 5) is 14.5. The van der Waals surface area contributed by atoms with Crippen LogP contribution in [-0.4, -0.2) is 55.5 Å². The fourth-order valence-corrected chi connectivity index (χ4v) is 4.07. The molecule has 2 rings (SSSR count). The van der Waals surface area contributed by atoms with E-state index < -0.39 is 10.0 Å². The summed E-state index contributed by atoms with van der Waals surface area (Å²) in [7, 11) is -3.54. The third-order valence-electron chi connectivity index (χ3n) is 4.79. The number of nitrogens with zero attached hydrogens (tertiary/aromatic N) is 2. The topological polar surface area (TPSA) is 57.7 Å². The Morgan fingerprint density at radius 3 is 2.68 bits per heavy atom. The van der Waals surface area contributed by atoms with Crippen molar-refractivity contribution >= 4 is 15.9 Å². The summed E-state index contributed by atoms with van der Waals surface area (Å²) in [6, 6.07) is 6.49. The summed E-state index contributed by atoms with van der Waals surface area (Å²) in [5.41, 5.74) is 0.452. The molecule has 0 spiro atoms. The molecule has 25 heavy (non-hydrogen) atoms. The van der Waals surface area contributed by atoms with Gasteiger partial charge in [0.1, 0.15) is 5.82 Å². The Kier molecular flexibility index (Phi) is 6.95. The maximum absolute atomic E-state index is 13.7. The lowest BCUT2D eigenvalue weighted by Crippen LogP contribution is -2.49. The Bertz CT molecular complexity index is 693. The summed E-state index contributed by atoms with van der Waals surface area (Å²) in [5.74, 6) is -0.519.